The highest BCUT2D eigenvalue weighted by Gasteiger charge is 2.08. The van der Waals surface area contributed by atoms with Crippen LogP contribution < -0.4 is 20.5 Å². The summed E-state index contributed by atoms with van der Waals surface area (Å²) in [7, 11) is 1.58. The number of nitrogens with zero attached hydrogens (tertiary/aromatic N) is 2. The van der Waals surface area contributed by atoms with E-state index in [9.17, 15) is 8.78 Å². The third-order valence-corrected chi connectivity index (χ3v) is 2.98. The molecule has 0 spiro atoms. The summed E-state index contributed by atoms with van der Waals surface area (Å²) < 4.78 is 34.5. The largest absolute Gasteiger partial charge is 0.497 e. The van der Waals surface area contributed by atoms with Crippen molar-refractivity contribution in [2.45, 2.75) is 13.0 Å². The molecule has 0 aliphatic heterocycles. The van der Waals surface area contributed by atoms with Crippen LogP contribution in [0.3, 0.4) is 0 Å². The van der Waals surface area contributed by atoms with E-state index in [1.54, 1.807) is 43.5 Å². The minimum absolute atomic E-state index is 0. The Labute approximate surface area is 161 Å². The molecule has 0 unspecified atom stereocenters. The van der Waals surface area contributed by atoms with Crippen LogP contribution in [0, 0.1) is 0 Å². The smallest absolute Gasteiger partial charge is 0.272 e. The molecule has 0 fully saturated rings. The standard InChI is InChI=1S/C16H18F2N4O2.HI/c1-23-13-6-4-12(5-7-13)22-16(19)21-9-11-3-2-8-20-15(11)24-10-14(17)18;/h2-8,14H,9-10H2,1H3,(H3,19,21,22);1H. The molecule has 0 radical (unpaired) electrons. The lowest BCUT2D eigenvalue weighted by Crippen LogP contribution is -2.22. The third kappa shape index (κ3) is 7.08. The molecule has 0 atom stereocenters. The van der Waals surface area contributed by atoms with Crippen molar-refractivity contribution in [1.82, 2.24) is 4.98 Å². The molecule has 25 heavy (non-hydrogen) atoms. The highest BCUT2D eigenvalue weighted by molar-refractivity contribution is 14.0. The first-order valence-corrected chi connectivity index (χ1v) is 7.14. The van der Waals surface area contributed by atoms with Crippen LogP contribution in [0.2, 0.25) is 0 Å². The van der Waals surface area contributed by atoms with E-state index in [0.717, 1.165) is 11.4 Å². The Morgan fingerprint density at radius 1 is 1.28 bits per heavy atom. The van der Waals surface area contributed by atoms with Gasteiger partial charge in [0.25, 0.3) is 6.43 Å². The second-order valence-electron chi connectivity index (χ2n) is 4.72. The molecule has 0 saturated carbocycles. The molecule has 136 valence electrons. The monoisotopic (exact) mass is 464 g/mol. The first-order chi connectivity index (χ1) is 11.6. The van der Waals surface area contributed by atoms with Gasteiger partial charge in [0.2, 0.25) is 5.88 Å². The predicted octanol–water partition coefficient (Wildman–Crippen LogP) is 3.28. The fourth-order valence-electron chi connectivity index (χ4n) is 1.85. The lowest BCUT2D eigenvalue weighted by Gasteiger charge is -2.09. The summed E-state index contributed by atoms with van der Waals surface area (Å²) in [6.45, 7) is -0.561. The van der Waals surface area contributed by atoms with E-state index in [1.807, 2.05) is 0 Å². The average Bonchev–Trinajstić information content (AvgIpc) is 2.59. The third-order valence-electron chi connectivity index (χ3n) is 2.98. The highest BCUT2D eigenvalue weighted by Crippen LogP contribution is 2.17. The van der Waals surface area contributed by atoms with Crippen molar-refractivity contribution in [2.24, 2.45) is 10.7 Å². The number of aromatic nitrogens is 1. The normalized spacial score (nSPS) is 11.0. The summed E-state index contributed by atoms with van der Waals surface area (Å²) in [6, 6.07) is 10.5. The zero-order chi connectivity index (χ0) is 17.4. The fourth-order valence-corrected chi connectivity index (χ4v) is 1.85. The zero-order valence-electron chi connectivity index (χ0n) is 13.5. The van der Waals surface area contributed by atoms with Crippen molar-refractivity contribution in [3.05, 3.63) is 48.2 Å². The van der Waals surface area contributed by atoms with Crippen LogP contribution in [-0.2, 0) is 6.54 Å². The quantitative estimate of drug-likeness (QED) is 0.374. The van der Waals surface area contributed by atoms with Crippen LogP contribution in [0.4, 0.5) is 14.5 Å². The van der Waals surface area contributed by atoms with Gasteiger partial charge in [-0.15, -0.1) is 24.0 Å². The number of anilines is 1. The molecular weight excluding hydrogens is 445 g/mol. The molecule has 0 saturated heterocycles. The zero-order valence-corrected chi connectivity index (χ0v) is 15.8. The molecule has 1 heterocycles. The fraction of sp³-hybridized carbons (Fsp3) is 0.250. The predicted molar refractivity (Wildman–Crippen MR) is 103 cm³/mol. The maximum absolute atomic E-state index is 12.2. The topological polar surface area (TPSA) is 81.8 Å². The van der Waals surface area contributed by atoms with Gasteiger partial charge in [0.1, 0.15) is 5.75 Å². The Hall–Kier alpha value is -2.17. The Balaban J connectivity index is 0.00000312. The summed E-state index contributed by atoms with van der Waals surface area (Å²) in [4.78, 5) is 8.10. The van der Waals surface area contributed by atoms with E-state index in [0.29, 0.717) is 5.56 Å². The van der Waals surface area contributed by atoms with Crippen molar-refractivity contribution in [3.8, 4) is 11.6 Å². The van der Waals surface area contributed by atoms with Crippen LogP contribution in [0.1, 0.15) is 5.56 Å². The van der Waals surface area contributed by atoms with E-state index in [2.05, 4.69) is 15.3 Å². The van der Waals surface area contributed by atoms with Gasteiger partial charge in [-0.05, 0) is 30.3 Å². The molecule has 2 aromatic rings. The number of pyridine rings is 1. The van der Waals surface area contributed by atoms with Crippen LogP contribution in [0.5, 0.6) is 11.6 Å². The summed E-state index contributed by atoms with van der Waals surface area (Å²) in [5.74, 6) is 1.04. The molecule has 6 nitrogen and oxygen atoms in total. The first-order valence-electron chi connectivity index (χ1n) is 7.14. The van der Waals surface area contributed by atoms with Gasteiger partial charge in [0.05, 0.1) is 13.7 Å². The Morgan fingerprint density at radius 3 is 2.64 bits per heavy atom. The number of hydrogen-bond donors (Lipinski definition) is 2. The molecule has 3 N–H and O–H groups in total. The molecule has 2 rings (SSSR count). The Morgan fingerprint density at radius 2 is 2.00 bits per heavy atom. The number of nitrogens with two attached hydrogens (primary N) is 1. The van der Waals surface area contributed by atoms with Gasteiger partial charge in [-0.1, -0.05) is 6.07 Å². The van der Waals surface area contributed by atoms with Gasteiger partial charge < -0.3 is 20.5 Å². The molecule has 1 aromatic carbocycles. The maximum Gasteiger partial charge on any atom is 0.272 e. The Bertz CT molecular complexity index is 684. The SMILES string of the molecule is COc1ccc(NC(N)=NCc2cccnc2OCC(F)F)cc1.I. The number of aliphatic imine (C=N–C) groups is 1. The number of guanidine groups is 1. The van der Waals surface area contributed by atoms with Gasteiger partial charge in [0.15, 0.2) is 12.6 Å². The summed E-state index contributed by atoms with van der Waals surface area (Å²) in [5, 5.41) is 2.92. The Kier molecular flexibility index (Phi) is 8.89. The summed E-state index contributed by atoms with van der Waals surface area (Å²) in [5.41, 5.74) is 7.14. The molecule has 0 aliphatic carbocycles. The van der Waals surface area contributed by atoms with Crippen LogP contribution in [0.15, 0.2) is 47.6 Å². The first kappa shape index (κ1) is 20.9. The molecular formula is C16H19F2IN4O2. The maximum atomic E-state index is 12.2. The lowest BCUT2D eigenvalue weighted by molar-refractivity contribution is 0.0791. The number of methoxy groups -OCH3 is 1. The number of nitrogens with one attached hydrogen (secondary N) is 1. The van der Waals surface area contributed by atoms with Gasteiger partial charge in [-0.25, -0.2) is 18.8 Å². The molecule has 0 bridgehead atoms. The molecule has 0 aliphatic rings. The van der Waals surface area contributed by atoms with E-state index in [1.165, 1.54) is 6.20 Å². The van der Waals surface area contributed by atoms with Gasteiger partial charge in [-0.2, -0.15) is 0 Å². The van der Waals surface area contributed by atoms with Crippen LogP contribution in [0.25, 0.3) is 0 Å². The molecule has 9 heteroatoms. The van der Waals surface area contributed by atoms with E-state index >= 15 is 0 Å². The molecule has 0 amide bonds. The average molecular weight is 464 g/mol. The second kappa shape index (κ2) is 10.6. The van der Waals surface area contributed by atoms with Crippen LogP contribution >= 0.6 is 24.0 Å². The van der Waals surface area contributed by atoms with Crippen molar-refractivity contribution in [2.75, 3.05) is 19.0 Å². The number of alkyl halides is 2. The van der Waals surface area contributed by atoms with Crippen molar-refractivity contribution in [3.63, 3.8) is 0 Å². The van der Waals surface area contributed by atoms with Crippen molar-refractivity contribution >= 4 is 35.6 Å². The number of benzene rings is 1. The second-order valence-corrected chi connectivity index (χ2v) is 4.72. The minimum Gasteiger partial charge on any atom is -0.497 e. The highest BCUT2D eigenvalue weighted by atomic mass is 127. The lowest BCUT2D eigenvalue weighted by atomic mass is 10.3. The van der Waals surface area contributed by atoms with E-state index in [-0.39, 0.29) is 42.4 Å². The molecule has 1 aromatic heterocycles. The summed E-state index contributed by atoms with van der Waals surface area (Å²) in [6.07, 6.45) is -1.10. The van der Waals surface area contributed by atoms with Gasteiger partial charge in [-0.3, -0.25) is 0 Å². The number of ether oxygens (including phenoxy) is 2. The van der Waals surface area contributed by atoms with Gasteiger partial charge >= 0.3 is 0 Å². The summed E-state index contributed by atoms with van der Waals surface area (Å²) >= 11 is 0. The number of hydrogen-bond acceptors (Lipinski definition) is 4. The van der Waals surface area contributed by atoms with Crippen molar-refractivity contribution in [1.29, 1.82) is 0 Å². The van der Waals surface area contributed by atoms with E-state index < -0.39 is 13.0 Å². The minimum atomic E-state index is -2.56. The van der Waals surface area contributed by atoms with Crippen molar-refractivity contribution < 1.29 is 18.3 Å². The number of rotatable bonds is 7. The van der Waals surface area contributed by atoms with Crippen LogP contribution in [-0.4, -0.2) is 31.1 Å². The van der Waals surface area contributed by atoms with E-state index in [4.69, 9.17) is 15.2 Å². The number of halogens is 3. The van der Waals surface area contributed by atoms with Gasteiger partial charge in [0, 0.05) is 17.4 Å².